The maximum atomic E-state index is 8.59. The molecule has 0 aliphatic rings. The van der Waals surface area contributed by atoms with E-state index in [0.29, 0.717) is 13.0 Å². The normalized spacial score (nSPS) is 10.7. The second-order valence-electron chi connectivity index (χ2n) is 2.80. The van der Waals surface area contributed by atoms with Crippen LogP contribution in [0.4, 0.5) is 0 Å². The van der Waals surface area contributed by atoms with Crippen molar-refractivity contribution in [3.8, 4) is 5.75 Å². The maximum Gasteiger partial charge on any atom is 0.138 e. The van der Waals surface area contributed by atoms with Gasteiger partial charge in [-0.2, -0.15) is 0 Å². The summed E-state index contributed by atoms with van der Waals surface area (Å²) in [6.07, 6.45) is 7.95. The number of aliphatic hydroxyl groups excluding tert-OH is 1. The molecule has 3 heteroatoms. The molecule has 0 amide bonds. The van der Waals surface area contributed by atoms with Crippen LogP contribution in [0, 0.1) is 0 Å². The molecule has 0 bridgehead atoms. The van der Waals surface area contributed by atoms with Gasteiger partial charge in [-0.3, -0.25) is 4.98 Å². The van der Waals surface area contributed by atoms with Crippen LogP contribution in [-0.4, -0.2) is 23.3 Å². The van der Waals surface area contributed by atoms with E-state index in [1.807, 2.05) is 25.1 Å². The Balaban J connectivity index is 2.63. The molecule has 1 N–H and O–H groups in total. The molecule has 0 aliphatic heterocycles. The van der Waals surface area contributed by atoms with E-state index in [-0.39, 0.29) is 6.61 Å². The summed E-state index contributed by atoms with van der Waals surface area (Å²) in [4.78, 5) is 4.04. The molecule has 1 aromatic heterocycles. The van der Waals surface area contributed by atoms with E-state index in [4.69, 9.17) is 9.84 Å². The first-order chi connectivity index (χ1) is 6.86. The van der Waals surface area contributed by atoms with Crippen LogP contribution in [0.1, 0.15) is 18.9 Å². The minimum atomic E-state index is 0.176. The number of rotatable bonds is 5. The van der Waals surface area contributed by atoms with Crippen molar-refractivity contribution in [3.63, 3.8) is 0 Å². The van der Waals surface area contributed by atoms with E-state index in [2.05, 4.69) is 4.98 Å². The lowest BCUT2D eigenvalue weighted by molar-refractivity contribution is 0.303. The predicted octanol–water partition coefficient (Wildman–Crippen LogP) is 1.88. The van der Waals surface area contributed by atoms with Crippen LogP contribution in [0.15, 0.2) is 24.5 Å². The van der Waals surface area contributed by atoms with Gasteiger partial charge in [0.1, 0.15) is 5.75 Å². The molecule has 0 saturated carbocycles. The Labute approximate surface area is 84.1 Å². The highest BCUT2D eigenvalue weighted by Gasteiger charge is 1.93. The van der Waals surface area contributed by atoms with Crippen LogP contribution in [0.5, 0.6) is 5.75 Å². The lowest BCUT2D eigenvalue weighted by Crippen LogP contribution is -1.92. The van der Waals surface area contributed by atoms with Gasteiger partial charge < -0.3 is 9.84 Å². The number of ether oxygens (including phenoxy) is 1. The average molecular weight is 193 g/mol. The molecule has 0 fully saturated rings. The van der Waals surface area contributed by atoms with Crippen molar-refractivity contribution in [1.29, 1.82) is 0 Å². The van der Waals surface area contributed by atoms with Crippen molar-refractivity contribution >= 4 is 6.08 Å². The molecule has 0 atom stereocenters. The first kappa shape index (κ1) is 10.7. The second kappa shape index (κ2) is 6.16. The third kappa shape index (κ3) is 3.58. The number of hydrogen-bond acceptors (Lipinski definition) is 3. The van der Waals surface area contributed by atoms with E-state index in [1.54, 1.807) is 12.4 Å². The molecule has 76 valence electrons. The van der Waals surface area contributed by atoms with Crippen LogP contribution in [-0.2, 0) is 0 Å². The molecule has 0 unspecified atom stereocenters. The molecule has 0 spiro atoms. The molecule has 3 nitrogen and oxygen atoms in total. The topological polar surface area (TPSA) is 42.4 Å². The molecule has 0 aromatic carbocycles. The van der Waals surface area contributed by atoms with Crippen LogP contribution < -0.4 is 4.74 Å². The SMILES string of the molecule is CCOc1cncc(/C=C/CCO)c1. The smallest absolute Gasteiger partial charge is 0.138 e. The first-order valence-electron chi connectivity index (χ1n) is 4.72. The van der Waals surface area contributed by atoms with Crippen molar-refractivity contribution in [3.05, 3.63) is 30.1 Å². The van der Waals surface area contributed by atoms with Crippen molar-refractivity contribution < 1.29 is 9.84 Å². The van der Waals surface area contributed by atoms with Gasteiger partial charge in [0.2, 0.25) is 0 Å². The van der Waals surface area contributed by atoms with E-state index in [0.717, 1.165) is 11.3 Å². The lowest BCUT2D eigenvalue weighted by Gasteiger charge is -2.02. The zero-order chi connectivity index (χ0) is 10.2. The monoisotopic (exact) mass is 193 g/mol. The summed E-state index contributed by atoms with van der Waals surface area (Å²) in [5.74, 6) is 0.777. The Hall–Kier alpha value is -1.35. The summed E-state index contributed by atoms with van der Waals surface area (Å²) in [5.41, 5.74) is 0.990. The van der Waals surface area contributed by atoms with Crippen molar-refractivity contribution in [2.75, 3.05) is 13.2 Å². The molecule has 0 radical (unpaired) electrons. The number of nitrogens with zero attached hydrogens (tertiary/aromatic N) is 1. The number of aliphatic hydroxyl groups is 1. The van der Waals surface area contributed by atoms with Crippen LogP contribution in [0.2, 0.25) is 0 Å². The predicted molar refractivity (Wildman–Crippen MR) is 56.1 cm³/mol. The third-order valence-corrected chi connectivity index (χ3v) is 1.65. The highest BCUT2D eigenvalue weighted by molar-refractivity contribution is 5.49. The van der Waals surface area contributed by atoms with Crippen molar-refractivity contribution in [1.82, 2.24) is 4.98 Å². The zero-order valence-electron chi connectivity index (χ0n) is 8.31. The van der Waals surface area contributed by atoms with Gasteiger partial charge in [-0.1, -0.05) is 12.2 Å². The fourth-order valence-electron chi connectivity index (χ4n) is 1.07. The standard InChI is InChI=1S/C11H15NO2/c1-2-14-11-7-10(8-12-9-11)5-3-4-6-13/h3,5,7-9,13H,2,4,6H2,1H3/b5-3+. The largest absolute Gasteiger partial charge is 0.492 e. The Morgan fingerprint density at radius 1 is 1.50 bits per heavy atom. The van der Waals surface area contributed by atoms with Gasteiger partial charge in [0.25, 0.3) is 0 Å². The van der Waals surface area contributed by atoms with Gasteiger partial charge >= 0.3 is 0 Å². The number of hydrogen-bond donors (Lipinski definition) is 1. The average Bonchev–Trinajstić information content (AvgIpc) is 2.19. The van der Waals surface area contributed by atoms with Gasteiger partial charge in [0.15, 0.2) is 0 Å². The van der Waals surface area contributed by atoms with E-state index in [1.165, 1.54) is 0 Å². The Kier molecular flexibility index (Phi) is 4.72. The van der Waals surface area contributed by atoms with Gasteiger partial charge in [0.05, 0.1) is 12.8 Å². The third-order valence-electron chi connectivity index (χ3n) is 1.65. The van der Waals surface area contributed by atoms with Gasteiger partial charge in [-0.25, -0.2) is 0 Å². The summed E-state index contributed by atoms with van der Waals surface area (Å²) < 4.78 is 5.31. The van der Waals surface area contributed by atoms with Crippen LogP contribution in [0.25, 0.3) is 6.08 Å². The summed E-state index contributed by atoms with van der Waals surface area (Å²) in [5, 5.41) is 8.59. The van der Waals surface area contributed by atoms with Crippen LogP contribution >= 0.6 is 0 Å². The quantitative estimate of drug-likeness (QED) is 0.776. The molecule has 1 rings (SSSR count). The van der Waals surface area contributed by atoms with Gasteiger partial charge in [-0.05, 0) is 25.0 Å². The Morgan fingerprint density at radius 3 is 3.07 bits per heavy atom. The first-order valence-corrected chi connectivity index (χ1v) is 4.72. The van der Waals surface area contributed by atoms with Crippen molar-refractivity contribution in [2.45, 2.75) is 13.3 Å². The zero-order valence-corrected chi connectivity index (χ0v) is 8.31. The lowest BCUT2D eigenvalue weighted by atomic mass is 10.2. The van der Waals surface area contributed by atoms with Gasteiger partial charge in [0, 0.05) is 12.8 Å². The van der Waals surface area contributed by atoms with E-state index < -0.39 is 0 Å². The Morgan fingerprint density at radius 2 is 2.36 bits per heavy atom. The summed E-state index contributed by atoms with van der Waals surface area (Å²) in [6, 6.07) is 1.92. The fourth-order valence-corrected chi connectivity index (χ4v) is 1.07. The maximum absolute atomic E-state index is 8.59. The second-order valence-corrected chi connectivity index (χ2v) is 2.80. The molecule has 0 saturated heterocycles. The molecule has 1 heterocycles. The minimum absolute atomic E-state index is 0.176. The summed E-state index contributed by atoms with van der Waals surface area (Å²) >= 11 is 0. The fraction of sp³-hybridized carbons (Fsp3) is 0.364. The van der Waals surface area contributed by atoms with E-state index >= 15 is 0 Å². The Bertz CT molecular complexity index is 297. The number of aromatic nitrogens is 1. The minimum Gasteiger partial charge on any atom is -0.492 e. The van der Waals surface area contributed by atoms with Gasteiger partial charge in [-0.15, -0.1) is 0 Å². The molecule has 14 heavy (non-hydrogen) atoms. The van der Waals surface area contributed by atoms with Crippen molar-refractivity contribution in [2.24, 2.45) is 0 Å². The summed E-state index contributed by atoms with van der Waals surface area (Å²) in [7, 11) is 0. The number of pyridine rings is 1. The highest BCUT2D eigenvalue weighted by Crippen LogP contribution is 2.12. The molecule has 0 aliphatic carbocycles. The molecule has 1 aromatic rings. The van der Waals surface area contributed by atoms with E-state index in [9.17, 15) is 0 Å². The molecular formula is C11H15NO2. The summed E-state index contributed by atoms with van der Waals surface area (Å²) in [6.45, 7) is 2.76. The van der Waals surface area contributed by atoms with Crippen LogP contribution in [0.3, 0.4) is 0 Å². The highest BCUT2D eigenvalue weighted by atomic mass is 16.5. The molecular weight excluding hydrogens is 178 g/mol.